The van der Waals surface area contributed by atoms with E-state index in [4.69, 9.17) is 0 Å². The first-order valence-corrected chi connectivity index (χ1v) is 18.5. The molecule has 2 heterocycles. The van der Waals surface area contributed by atoms with Gasteiger partial charge in [0.25, 0.3) is 0 Å². The first kappa shape index (κ1) is 39.0. The van der Waals surface area contributed by atoms with Crippen molar-refractivity contribution in [2.45, 2.75) is 38.5 Å². The summed E-state index contributed by atoms with van der Waals surface area (Å²) in [6, 6.07) is 69.6. The number of aromatic nitrogens is 2. The quantitative estimate of drug-likeness (QED) is 0.142. The molecule has 0 atom stereocenters. The zero-order chi connectivity index (χ0) is 37.4. The van der Waals surface area contributed by atoms with Gasteiger partial charge in [0.2, 0.25) is 0 Å². The molecule has 0 aliphatic heterocycles. The van der Waals surface area contributed by atoms with E-state index in [9.17, 15) is 0 Å². The van der Waals surface area contributed by atoms with Gasteiger partial charge in [0, 0.05) is 43.3 Å². The van der Waals surface area contributed by atoms with Crippen molar-refractivity contribution in [3.05, 3.63) is 229 Å². The van der Waals surface area contributed by atoms with Gasteiger partial charge >= 0.3 is 0 Å². The minimum Gasteiger partial charge on any atom is -0.304 e. The summed E-state index contributed by atoms with van der Waals surface area (Å²) < 4.78 is 0. The first-order valence-electron chi connectivity index (χ1n) is 18.5. The SMILES string of the molecule is CC(C)(c1ccccc1)c1cccc(-c2ccc(-c3[c-]cccc3)nc2)c1.CC(C)(c1ccccc1)c1cccc(-c2ccc(-c3[c-]cccc3)nc2)c1.[Ir]. The van der Waals surface area contributed by atoms with Crippen molar-refractivity contribution in [2.24, 2.45) is 0 Å². The van der Waals surface area contributed by atoms with Gasteiger partial charge in [-0.25, -0.2) is 0 Å². The first-order chi connectivity index (χ1) is 26.3. The number of hydrogen-bond donors (Lipinski definition) is 0. The van der Waals surface area contributed by atoms with Gasteiger partial charge in [0.15, 0.2) is 0 Å². The molecule has 6 aromatic carbocycles. The fourth-order valence-corrected chi connectivity index (χ4v) is 6.77. The summed E-state index contributed by atoms with van der Waals surface area (Å²) in [5.74, 6) is 0. The van der Waals surface area contributed by atoms with E-state index in [2.05, 4.69) is 183 Å². The monoisotopic (exact) mass is 889 g/mol. The van der Waals surface area contributed by atoms with Crippen molar-refractivity contribution < 1.29 is 20.1 Å². The number of nitrogens with zero attached hydrogens (tertiary/aromatic N) is 2. The molecular weight excluding hydrogens is 845 g/mol. The normalized spacial score (nSPS) is 11.1. The van der Waals surface area contributed by atoms with Gasteiger partial charge in [-0.1, -0.05) is 161 Å². The second-order valence-electron chi connectivity index (χ2n) is 14.6. The third-order valence-corrected chi connectivity index (χ3v) is 10.3. The number of rotatable bonds is 8. The van der Waals surface area contributed by atoms with E-state index >= 15 is 0 Å². The third-order valence-electron chi connectivity index (χ3n) is 10.3. The second-order valence-corrected chi connectivity index (χ2v) is 14.6. The molecule has 2 aromatic heterocycles. The zero-order valence-electron chi connectivity index (χ0n) is 31.7. The van der Waals surface area contributed by atoms with Gasteiger partial charge in [-0.3, -0.25) is 0 Å². The number of hydrogen-bond acceptors (Lipinski definition) is 2. The fourth-order valence-electron chi connectivity index (χ4n) is 6.77. The van der Waals surface area contributed by atoms with E-state index < -0.39 is 0 Å². The van der Waals surface area contributed by atoms with Crippen molar-refractivity contribution in [1.82, 2.24) is 9.97 Å². The van der Waals surface area contributed by atoms with E-state index in [1.54, 1.807) is 0 Å². The van der Waals surface area contributed by atoms with Crippen molar-refractivity contribution in [1.29, 1.82) is 0 Å². The minimum atomic E-state index is -0.0519. The van der Waals surface area contributed by atoms with Crippen molar-refractivity contribution in [3.8, 4) is 44.8 Å². The molecule has 0 bridgehead atoms. The summed E-state index contributed by atoms with van der Waals surface area (Å²) in [5, 5.41) is 0. The molecule has 0 saturated carbocycles. The van der Waals surface area contributed by atoms with Crippen molar-refractivity contribution in [2.75, 3.05) is 0 Å². The molecule has 0 aliphatic carbocycles. The van der Waals surface area contributed by atoms with Crippen LogP contribution in [0.15, 0.2) is 194 Å². The molecule has 0 fully saturated rings. The second kappa shape index (κ2) is 17.6. The summed E-state index contributed by atoms with van der Waals surface area (Å²) in [5.41, 5.74) is 13.7. The molecule has 3 heteroatoms. The van der Waals surface area contributed by atoms with E-state index in [-0.39, 0.29) is 30.9 Å². The molecule has 0 N–H and O–H groups in total. The predicted molar refractivity (Wildman–Crippen MR) is 225 cm³/mol. The zero-order valence-corrected chi connectivity index (χ0v) is 34.1. The summed E-state index contributed by atoms with van der Waals surface area (Å²) in [6.07, 6.45) is 3.90. The molecule has 8 rings (SSSR count). The summed E-state index contributed by atoms with van der Waals surface area (Å²) in [7, 11) is 0. The summed E-state index contributed by atoms with van der Waals surface area (Å²) in [6.45, 7) is 9.09. The van der Waals surface area contributed by atoms with Crippen LogP contribution < -0.4 is 0 Å². The third kappa shape index (κ3) is 9.15. The maximum atomic E-state index is 4.64. The Morgan fingerprint density at radius 2 is 0.745 bits per heavy atom. The van der Waals surface area contributed by atoms with Crippen LogP contribution in [0.4, 0.5) is 0 Å². The Balaban J connectivity index is 0.000000184. The van der Waals surface area contributed by atoms with Crippen LogP contribution in [0.2, 0.25) is 0 Å². The maximum absolute atomic E-state index is 4.64. The van der Waals surface area contributed by atoms with Crippen LogP contribution in [-0.2, 0) is 30.9 Å². The van der Waals surface area contributed by atoms with Crippen LogP contribution >= 0.6 is 0 Å². The Morgan fingerprint density at radius 3 is 1.09 bits per heavy atom. The average molecular weight is 889 g/mol. The van der Waals surface area contributed by atoms with E-state index in [1.165, 1.54) is 33.4 Å². The minimum absolute atomic E-state index is 0. The molecule has 0 aliphatic rings. The smallest absolute Gasteiger partial charge is 0.0239 e. The average Bonchev–Trinajstić information content (AvgIpc) is 3.25. The fraction of sp³-hybridized carbons (Fsp3) is 0.115. The van der Waals surface area contributed by atoms with Crippen molar-refractivity contribution in [3.63, 3.8) is 0 Å². The molecule has 0 spiro atoms. The standard InChI is InChI=1S/2C26H22N.Ir/c2*1-26(2,23-13-7-4-8-14-23)24-15-9-12-21(18-24)22-16-17-25(27-19-22)20-10-5-3-6-11-20;/h2*3-10,12-19H,1-2H3;/q2*-1;. The number of benzene rings is 6. The molecule has 1 radical (unpaired) electrons. The molecule has 0 saturated heterocycles. The molecule has 2 nitrogen and oxygen atoms in total. The van der Waals surface area contributed by atoms with Gasteiger partial charge in [0.05, 0.1) is 0 Å². The summed E-state index contributed by atoms with van der Waals surface area (Å²) in [4.78, 5) is 9.29. The van der Waals surface area contributed by atoms with Gasteiger partial charge in [-0.05, 0) is 55.9 Å². The van der Waals surface area contributed by atoms with E-state index in [1.807, 2.05) is 60.9 Å². The van der Waals surface area contributed by atoms with Gasteiger partial charge in [0.1, 0.15) is 0 Å². The molecule has 273 valence electrons. The Kier molecular flexibility index (Phi) is 12.5. The Hall–Kier alpha value is -5.73. The van der Waals surface area contributed by atoms with Gasteiger partial charge in [-0.2, -0.15) is 0 Å². The Labute approximate surface area is 340 Å². The molecular formula is C52H44IrN2-2. The Bertz CT molecular complexity index is 2210. The van der Waals surface area contributed by atoms with Crippen LogP contribution in [0.1, 0.15) is 49.9 Å². The van der Waals surface area contributed by atoms with Crippen molar-refractivity contribution >= 4 is 0 Å². The maximum Gasteiger partial charge on any atom is 0.0239 e. The molecule has 8 aromatic rings. The van der Waals surface area contributed by atoms with E-state index in [0.29, 0.717) is 0 Å². The van der Waals surface area contributed by atoms with Crippen LogP contribution in [0.25, 0.3) is 44.8 Å². The van der Waals surface area contributed by atoms with Gasteiger partial charge < -0.3 is 9.97 Å². The molecule has 0 amide bonds. The summed E-state index contributed by atoms with van der Waals surface area (Å²) >= 11 is 0. The molecule has 55 heavy (non-hydrogen) atoms. The largest absolute Gasteiger partial charge is 0.304 e. The van der Waals surface area contributed by atoms with Gasteiger partial charge in [-0.15, -0.1) is 71.8 Å². The van der Waals surface area contributed by atoms with Crippen LogP contribution in [0, 0.1) is 12.1 Å². The predicted octanol–water partition coefficient (Wildman–Crippen LogP) is 13.1. The van der Waals surface area contributed by atoms with Crippen LogP contribution in [0.3, 0.4) is 0 Å². The van der Waals surface area contributed by atoms with E-state index in [0.717, 1.165) is 33.6 Å². The van der Waals surface area contributed by atoms with Crippen LogP contribution in [-0.4, -0.2) is 9.97 Å². The Morgan fingerprint density at radius 1 is 0.364 bits per heavy atom. The number of pyridine rings is 2. The molecule has 0 unspecified atom stereocenters. The topological polar surface area (TPSA) is 25.8 Å². The van der Waals surface area contributed by atoms with Crippen LogP contribution in [0.5, 0.6) is 0 Å².